The van der Waals surface area contributed by atoms with E-state index in [1.54, 1.807) is 43.3 Å². The van der Waals surface area contributed by atoms with Gasteiger partial charge in [-0.05, 0) is 139 Å². The number of unbranched alkanes of at least 4 members (excludes halogenated alkanes) is 2. The van der Waals surface area contributed by atoms with Crippen molar-refractivity contribution in [2.45, 2.75) is 136 Å². The third-order valence-electron chi connectivity index (χ3n) is 19.4. The minimum atomic E-state index is -0.845. The fraction of sp³-hybridized carbons (Fsp3) is 0.507. The quantitative estimate of drug-likeness (QED) is 0.0398. The van der Waals surface area contributed by atoms with E-state index in [-0.39, 0.29) is 71.8 Å². The number of ether oxygens (including phenoxy) is 5. The molecule has 1 aliphatic heterocycles. The van der Waals surface area contributed by atoms with E-state index in [1.165, 1.54) is 22.7 Å². The molecule has 10 atom stereocenters. The largest absolute Gasteiger partial charge is 0.496 e. The van der Waals surface area contributed by atoms with Crippen molar-refractivity contribution in [3.63, 3.8) is 0 Å². The Hall–Kier alpha value is -7.31. The van der Waals surface area contributed by atoms with Gasteiger partial charge in [-0.2, -0.15) is 0 Å². The van der Waals surface area contributed by atoms with Crippen LogP contribution >= 0.6 is 22.7 Å². The summed E-state index contributed by atoms with van der Waals surface area (Å²) in [6.07, 6.45) is 21.6. The molecular weight excluding hydrogens is 1160 g/mol. The van der Waals surface area contributed by atoms with Crippen molar-refractivity contribution in [3.8, 4) is 44.4 Å². The van der Waals surface area contributed by atoms with E-state index in [0.717, 1.165) is 112 Å². The zero-order chi connectivity index (χ0) is 63.1. The number of fused-ring (bicyclic) bond motifs is 4. The van der Waals surface area contributed by atoms with Crippen LogP contribution in [0.15, 0.2) is 97.0 Å². The smallest absolute Gasteiger partial charge is 0.313 e. The average Bonchev–Trinajstić information content (AvgIpc) is 1.66. The van der Waals surface area contributed by atoms with E-state index in [0.29, 0.717) is 74.7 Å². The highest BCUT2D eigenvalue weighted by molar-refractivity contribution is 7.13. The first-order valence-electron chi connectivity index (χ1n) is 31.7. The van der Waals surface area contributed by atoms with Crippen LogP contribution in [0.3, 0.4) is 0 Å². The van der Waals surface area contributed by atoms with Crippen molar-refractivity contribution in [1.29, 1.82) is 0 Å². The van der Waals surface area contributed by atoms with Crippen molar-refractivity contribution >= 4 is 73.8 Å². The molecule has 4 saturated carbocycles. The van der Waals surface area contributed by atoms with Gasteiger partial charge in [0.25, 0.3) is 0 Å². The molecule has 0 spiro atoms. The first kappa shape index (κ1) is 64.7. The van der Waals surface area contributed by atoms with Gasteiger partial charge in [0, 0.05) is 109 Å². The number of benzene rings is 2. The lowest BCUT2D eigenvalue weighted by molar-refractivity contribution is -0.152. The average molecular weight is 1250 g/mol. The van der Waals surface area contributed by atoms with Crippen LogP contribution in [-0.2, 0) is 28.7 Å². The molecular formula is C71H86N6O10S2. The molecule has 4 fully saturated rings. The highest BCUT2D eigenvalue weighted by Gasteiger charge is 2.62. The number of Topliss-reactive ketones (excluding diaryl/α,β-unsaturated/α-hetero) is 2. The summed E-state index contributed by atoms with van der Waals surface area (Å²) in [5.41, 5.74) is 3.88. The Morgan fingerprint density at radius 3 is 1.96 bits per heavy atom. The summed E-state index contributed by atoms with van der Waals surface area (Å²) >= 11 is 3.02. The standard InChI is InChI=1S/C36H43N3O6S.C35H43N3O4S/c1-5-44-35(42)36-20-23(36)11-9-7-6-8-10-15-39(3)34(41)27-18-24(17-26(27)29(40)21-36)45-31-19-28(33-37-14-16-46-33)38-32-22(2)30(43-4)13-12-25(31)32;1-7-9-10-11-15-38(5)34(40)27-18-24(17-26(27)29(39)21-35(4)20-23(35)8-2)42-31-19-28(33-36-14-16-43-33)37-32-22(3)30(41-6)13-12-25(31)32/h9,11-14,16,19,23-24,26-27H,5-8,10,15,17-18,20-21H2,1-4H3;7-8,12-14,16,19,23-24,26-27H,1-2,9-11,15,17-18,20-21H2,3-6H3/b11-9-;/t23-,24-,26-,27-,36-;23-,24-,26-,27-,35+/m11/s1. The van der Waals surface area contributed by atoms with Crippen LogP contribution in [0.25, 0.3) is 43.2 Å². The molecule has 16 nitrogen and oxygen atoms in total. The predicted octanol–water partition coefficient (Wildman–Crippen LogP) is 14.0. The minimum absolute atomic E-state index is 0.0152. The lowest BCUT2D eigenvalue weighted by Gasteiger charge is -2.25. The van der Waals surface area contributed by atoms with Gasteiger partial charge in [0.05, 0.1) is 49.1 Å². The highest BCUT2D eigenvalue weighted by Crippen LogP contribution is 2.59. The molecule has 0 bridgehead atoms. The Balaban J connectivity index is 0.000000197. The van der Waals surface area contributed by atoms with Crippen molar-refractivity contribution in [2.75, 3.05) is 48.0 Å². The summed E-state index contributed by atoms with van der Waals surface area (Å²) in [5, 5.41) is 7.11. The molecule has 4 aliphatic carbocycles. The molecule has 4 aromatic heterocycles. The van der Waals surface area contributed by atoms with E-state index in [4.69, 9.17) is 33.7 Å². The molecule has 6 aromatic rings. The summed E-state index contributed by atoms with van der Waals surface area (Å²) in [6, 6.07) is 11.6. The number of ketones is 2. The molecule has 5 aliphatic rings. The summed E-state index contributed by atoms with van der Waals surface area (Å²) in [4.78, 5) is 91.4. The number of carbonyl (C=O) groups is 5. The Kier molecular flexibility index (Phi) is 20.5. The van der Waals surface area contributed by atoms with Gasteiger partial charge in [-0.3, -0.25) is 24.0 Å². The van der Waals surface area contributed by atoms with Crippen molar-refractivity contribution in [3.05, 3.63) is 108 Å². The Morgan fingerprint density at radius 2 is 1.39 bits per heavy atom. The van der Waals surface area contributed by atoms with Gasteiger partial charge in [-0.15, -0.1) is 35.8 Å². The fourth-order valence-corrected chi connectivity index (χ4v) is 15.1. The van der Waals surface area contributed by atoms with Crippen molar-refractivity contribution in [1.82, 2.24) is 29.7 Å². The number of aryl methyl sites for hydroxylation is 2. The molecule has 0 N–H and O–H groups in total. The molecule has 89 heavy (non-hydrogen) atoms. The SMILES string of the molecule is C=CCCCCN(C)C(=O)[C@@H]1C[C@H](Oc2cc(-c3nccs3)nc3c(C)c(OC)ccc23)C[C@H]1C(=O)C[C@]1(C)C[C@H]1C=C.CCOC(=O)[C@]12CC(=O)[C@@H]3C[C@@H](Oc4cc(-c5nccs5)nc5c(C)c(OC)ccc45)C[C@H]3C(=O)N(C)CCCCC/C=C\[C@@H]1C2. The second-order valence-corrected chi connectivity index (χ2v) is 27.2. The molecule has 11 rings (SSSR count). The van der Waals surface area contributed by atoms with Gasteiger partial charge >= 0.3 is 5.97 Å². The van der Waals surface area contributed by atoms with Gasteiger partial charge in [-0.25, -0.2) is 19.9 Å². The Bertz CT molecular complexity index is 3610. The van der Waals surface area contributed by atoms with E-state index in [2.05, 4.69) is 42.2 Å². The number of esters is 1. The Labute approximate surface area is 531 Å². The number of methoxy groups -OCH3 is 2. The van der Waals surface area contributed by atoms with Gasteiger partial charge in [-0.1, -0.05) is 37.6 Å². The molecule has 0 radical (unpaired) electrons. The maximum atomic E-state index is 14.2. The minimum Gasteiger partial charge on any atom is -0.496 e. The third-order valence-corrected chi connectivity index (χ3v) is 20.9. The normalized spacial score (nSPS) is 26.1. The molecule has 0 saturated heterocycles. The second-order valence-electron chi connectivity index (χ2n) is 25.4. The van der Waals surface area contributed by atoms with E-state index in [1.807, 2.05) is 87.3 Å². The number of thiazole rings is 2. The number of nitrogens with zero attached hydrogens (tertiary/aromatic N) is 6. The molecule has 0 unspecified atom stereocenters. The number of hydrogen-bond donors (Lipinski definition) is 0. The Morgan fingerprint density at radius 1 is 0.787 bits per heavy atom. The number of aromatic nitrogens is 4. The zero-order valence-corrected chi connectivity index (χ0v) is 54.6. The van der Waals surface area contributed by atoms with Crippen molar-refractivity contribution in [2.24, 2.45) is 46.3 Å². The molecule has 2 aromatic carbocycles. The van der Waals surface area contributed by atoms with Crippen LogP contribution in [0, 0.1) is 60.2 Å². The van der Waals surface area contributed by atoms with Gasteiger partial charge in [0.1, 0.15) is 68.2 Å². The number of allylic oxidation sites excluding steroid dienone is 4. The van der Waals surface area contributed by atoms with Crippen LogP contribution in [0.5, 0.6) is 23.0 Å². The number of rotatable bonds is 20. The van der Waals surface area contributed by atoms with E-state index >= 15 is 0 Å². The molecule has 5 heterocycles. The first-order valence-corrected chi connectivity index (χ1v) is 33.4. The number of hydrogen-bond acceptors (Lipinski definition) is 16. The van der Waals surface area contributed by atoms with Crippen LogP contribution in [0.1, 0.15) is 121 Å². The zero-order valence-electron chi connectivity index (χ0n) is 52.9. The lowest BCUT2D eigenvalue weighted by Crippen LogP contribution is -2.38. The molecule has 472 valence electrons. The first-order chi connectivity index (χ1) is 42.9. The van der Waals surface area contributed by atoms with Crippen LogP contribution < -0.4 is 18.9 Å². The molecule has 18 heteroatoms. The number of pyridine rings is 2. The summed E-state index contributed by atoms with van der Waals surface area (Å²) < 4.78 is 30.1. The summed E-state index contributed by atoms with van der Waals surface area (Å²) in [6.45, 7) is 17.2. The monoisotopic (exact) mass is 1250 g/mol. The highest BCUT2D eigenvalue weighted by atomic mass is 32.1. The van der Waals surface area contributed by atoms with Gasteiger partial charge in [0.15, 0.2) is 0 Å². The summed E-state index contributed by atoms with van der Waals surface area (Å²) in [7, 11) is 6.98. The predicted molar refractivity (Wildman–Crippen MR) is 349 cm³/mol. The van der Waals surface area contributed by atoms with Crippen molar-refractivity contribution < 1.29 is 47.7 Å². The van der Waals surface area contributed by atoms with Gasteiger partial charge in [0.2, 0.25) is 11.8 Å². The van der Waals surface area contributed by atoms with Crippen LogP contribution in [0.4, 0.5) is 0 Å². The van der Waals surface area contributed by atoms with Gasteiger partial charge < -0.3 is 33.5 Å². The fourth-order valence-electron chi connectivity index (χ4n) is 13.9. The number of amides is 2. The maximum Gasteiger partial charge on any atom is 0.313 e. The third kappa shape index (κ3) is 14.2. The van der Waals surface area contributed by atoms with E-state index < -0.39 is 23.2 Å². The topological polar surface area (TPSA) is 190 Å². The van der Waals surface area contributed by atoms with Crippen LogP contribution in [-0.4, -0.2) is 119 Å². The van der Waals surface area contributed by atoms with Crippen LogP contribution in [0.2, 0.25) is 0 Å². The summed E-state index contributed by atoms with van der Waals surface area (Å²) in [5.74, 6) is 1.11. The lowest BCUT2D eigenvalue weighted by atomic mass is 9.84. The maximum absolute atomic E-state index is 14.2. The number of carbonyl (C=O) groups excluding carboxylic acids is 5. The van der Waals surface area contributed by atoms with E-state index in [9.17, 15) is 24.0 Å². The second kappa shape index (κ2) is 28.2. The molecule has 2 amide bonds.